The minimum atomic E-state index is -1.01. The second-order valence-electron chi connectivity index (χ2n) is 5.14. The van der Waals surface area contributed by atoms with Crippen LogP contribution in [0.4, 0.5) is 4.39 Å². The first kappa shape index (κ1) is 17.6. The molecule has 5 nitrogen and oxygen atoms in total. The van der Waals surface area contributed by atoms with Crippen LogP contribution in [0.5, 0.6) is 17.2 Å². The van der Waals surface area contributed by atoms with Crippen LogP contribution in [-0.2, 0) is 11.2 Å². The summed E-state index contributed by atoms with van der Waals surface area (Å²) >= 11 is 0. The van der Waals surface area contributed by atoms with Gasteiger partial charge < -0.3 is 19.3 Å². The van der Waals surface area contributed by atoms with Gasteiger partial charge in [-0.3, -0.25) is 4.79 Å². The summed E-state index contributed by atoms with van der Waals surface area (Å²) < 4.78 is 28.9. The van der Waals surface area contributed by atoms with Gasteiger partial charge in [0.05, 0.1) is 27.2 Å². The monoisotopic (exact) mass is 334 g/mol. The van der Waals surface area contributed by atoms with E-state index < -0.39 is 11.9 Å². The standard InChI is InChI=1S/C18H19FO5/c1-22-15-9-8-13(16(23-2)17(15)24-3)14(18(20)21)10-11-4-6-12(19)7-5-11/h4-9,14H,10H2,1-3H3,(H,20,21). The molecule has 1 atom stereocenters. The molecule has 0 spiro atoms. The Hall–Kier alpha value is -2.76. The molecule has 2 aromatic rings. The zero-order valence-electron chi connectivity index (χ0n) is 13.7. The Bertz CT molecular complexity index is 712. The van der Waals surface area contributed by atoms with E-state index in [9.17, 15) is 14.3 Å². The second-order valence-corrected chi connectivity index (χ2v) is 5.14. The molecule has 128 valence electrons. The first-order valence-corrected chi connectivity index (χ1v) is 7.28. The minimum absolute atomic E-state index is 0.196. The third-order valence-corrected chi connectivity index (χ3v) is 3.76. The predicted molar refractivity (Wildman–Crippen MR) is 86.6 cm³/mol. The first-order chi connectivity index (χ1) is 11.5. The second kappa shape index (κ2) is 7.68. The summed E-state index contributed by atoms with van der Waals surface area (Å²) in [4.78, 5) is 11.8. The summed E-state index contributed by atoms with van der Waals surface area (Å²) in [5, 5.41) is 9.65. The molecular weight excluding hydrogens is 315 g/mol. The number of rotatable bonds is 7. The molecule has 0 aliphatic heterocycles. The van der Waals surface area contributed by atoms with Crippen LogP contribution in [0.2, 0.25) is 0 Å². The fourth-order valence-corrected chi connectivity index (χ4v) is 2.59. The van der Waals surface area contributed by atoms with E-state index in [-0.39, 0.29) is 12.2 Å². The lowest BCUT2D eigenvalue weighted by molar-refractivity contribution is -0.138. The number of halogens is 1. The van der Waals surface area contributed by atoms with Gasteiger partial charge in [0, 0.05) is 5.56 Å². The number of hydrogen-bond acceptors (Lipinski definition) is 4. The molecule has 24 heavy (non-hydrogen) atoms. The van der Waals surface area contributed by atoms with Crippen LogP contribution in [-0.4, -0.2) is 32.4 Å². The van der Waals surface area contributed by atoms with Crippen molar-refractivity contribution >= 4 is 5.97 Å². The normalized spacial score (nSPS) is 11.7. The van der Waals surface area contributed by atoms with E-state index in [1.807, 2.05) is 0 Å². The molecule has 0 aliphatic carbocycles. The third-order valence-electron chi connectivity index (χ3n) is 3.76. The van der Waals surface area contributed by atoms with E-state index in [0.29, 0.717) is 28.4 Å². The smallest absolute Gasteiger partial charge is 0.311 e. The third kappa shape index (κ3) is 3.59. The lowest BCUT2D eigenvalue weighted by Crippen LogP contribution is -2.16. The maximum atomic E-state index is 13.0. The summed E-state index contributed by atoms with van der Waals surface area (Å²) in [6.45, 7) is 0. The van der Waals surface area contributed by atoms with Gasteiger partial charge in [0.15, 0.2) is 11.5 Å². The molecule has 0 aromatic heterocycles. The zero-order chi connectivity index (χ0) is 17.7. The summed E-state index contributed by atoms with van der Waals surface area (Å²) in [6.07, 6.45) is 0.196. The van der Waals surface area contributed by atoms with Crippen molar-refractivity contribution in [1.82, 2.24) is 0 Å². The Balaban J connectivity index is 2.47. The van der Waals surface area contributed by atoms with Crippen molar-refractivity contribution in [3.8, 4) is 17.2 Å². The van der Waals surface area contributed by atoms with Crippen molar-refractivity contribution in [2.75, 3.05) is 21.3 Å². The Morgan fingerprint density at radius 1 is 1.00 bits per heavy atom. The molecule has 2 aromatic carbocycles. The lowest BCUT2D eigenvalue weighted by Gasteiger charge is -2.20. The highest BCUT2D eigenvalue weighted by molar-refractivity contribution is 5.79. The highest BCUT2D eigenvalue weighted by Crippen LogP contribution is 2.43. The number of carboxylic acid groups (broad SMARTS) is 1. The van der Waals surface area contributed by atoms with Gasteiger partial charge in [0.1, 0.15) is 5.82 Å². The molecular formula is C18H19FO5. The minimum Gasteiger partial charge on any atom is -0.493 e. The van der Waals surface area contributed by atoms with Gasteiger partial charge in [-0.05, 0) is 30.2 Å². The van der Waals surface area contributed by atoms with Crippen molar-refractivity contribution in [3.05, 3.63) is 53.3 Å². The first-order valence-electron chi connectivity index (χ1n) is 7.28. The quantitative estimate of drug-likeness (QED) is 0.842. The van der Waals surface area contributed by atoms with E-state index >= 15 is 0 Å². The topological polar surface area (TPSA) is 65.0 Å². The van der Waals surface area contributed by atoms with Gasteiger partial charge >= 0.3 is 5.97 Å². The number of methoxy groups -OCH3 is 3. The number of ether oxygens (including phenoxy) is 3. The van der Waals surface area contributed by atoms with Gasteiger partial charge in [-0.2, -0.15) is 0 Å². The Morgan fingerprint density at radius 3 is 2.12 bits per heavy atom. The maximum absolute atomic E-state index is 13.0. The average Bonchev–Trinajstić information content (AvgIpc) is 2.59. The van der Waals surface area contributed by atoms with Gasteiger partial charge in [-0.25, -0.2) is 4.39 Å². The summed E-state index contributed by atoms with van der Waals surface area (Å²) in [5.41, 5.74) is 1.17. The van der Waals surface area contributed by atoms with E-state index in [1.165, 1.54) is 33.5 Å². The SMILES string of the molecule is COc1ccc(C(Cc2ccc(F)cc2)C(=O)O)c(OC)c1OC. The van der Waals surface area contributed by atoms with Gasteiger partial charge in [-0.15, -0.1) is 0 Å². The molecule has 1 unspecified atom stereocenters. The van der Waals surface area contributed by atoms with Crippen LogP contribution in [0.1, 0.15) is 17.0 Å². The van der Waals surface area contributed by atoms with Crippen molar-refractivity contribution in [2.24, 2.45) is 0 Å². The number of carboxylic acids is 1. The maximum Gasteiger partial charge on any atom is 0.311 e. The largest absolute Gasteiger partial charge is 0.493 e. The Kier molecular flexibility index (Phi) is 5.63. The molecule has 0 amide bonds. The van der Waals surface area contributed by atoms with Crippen LogP contribution >= 0.6 is 0 Å². The summed E-state index contributed by atoms with van der Waals surface area (Å²) in [7, 11) is 4.39. The van der Waals surface area contributed by atoms with E-state index in [1.54, 1.807) is 24.3 Å². The molecule has 1 N–H and O–H groups in total. The van der Waals surface area contributed by atoms with Crippen molar-refractivity contribution in [2.45, 2.75) is 12.3 Å². The van der Waals surface area contributed by atoms with Crippen LogP contribution in [0.25, 0.3) is 0 Å². The zero-order valence-corrected chi connectivity index (χ0v) is 13.7. The number of hydrogen-bond donors (Lipinski definition) is 1. The van der Waals surface area contributed by atoms with Crippen molar-refractivity contribution < 1.29 is 28.5 Å². The summed E-state index contributed by atoms with van der Waals surface area (Å²) in [5.74, 6) is -1.15. The van der Waals surface area contributed by atoms with Crippen molar-refractivity contribution in [1.29, 1.82) is 0 Å². The predicted octanol–water partition coefficient (Wildman–Crippen LogP) is 3.26. The fourth-order valence-electron chi connectivity index (χ4n) is 2.59. The fraction of sp³-hybridized carbons (Fsp3) is 0.278. The van der Waals surface area contributed by atoms with Gasteiger partial charge in [-0.1, -0.05) is 18.2 Å². The number of carbonyl (C=O) groups is 1. The molecule has 0 bridgehead atoms. The average molecular weight is 334 g/mol. The highest BCUT2D eigenvalue weighted by atomic mass is 19.1. The number of aliphatic carboxylic acids is 1. The highest BCUT2D eigenvalue weighted by Gasteiger charge is 2.27. The molecule has 0 saturated heterocycles. The Labute approximate surface area is 139 Å². The number of benzene rings is 2. The molecule has 6 heteroatoms. The van der Waals surface area contributed by atoms with Crippen LogP contribution in [0.3, 0.4) is 0 Å². The van der Waals surface area contributed by atoms with Gasteiger partial charge in [0.2, 0.25) is 5.75 Å². The molecule has 0 heterocycles. The molecule has 2 rings (SSSR count). The lowest BCUT2D eigenvalue weighted by atomic mass is 9.91. The van der Waals surface area contributed by atoms with Crippen LogP contribution in [0.15, 0.2) is 36.4 Å². The molecule has 0 aliphatic rings. The van der Waals surface area contributed by atoms with Crippen LogP contribution in [0, 0.1) is 5.82 Å². The van der Waals surface area contributed by atoms with E-state index in [0.717, 1.165) is 0 Å². The summed E-state index contributed by atoms with van der Waals surface area (Å²) in [6, 6.07) is 9.02. The molecule has 0 radical (unpaired) electrons. The van der Waals surface area contributed by atoms with E-state index in [4.69, 9.17) is 14.2 Å². The van der Waals surface area contributed by atoms with Gasteiger partial charge in [0.25, 0.3) is 0 Å². The molecule has 0 fully saturated rings. The van der Waals surface area contributed by atoms with Crippen LogP contribution < -0.4 is 14.2 Å². The van der Waals surface area contributed by atoms with Crippen molar-refractivity contribution in [3.63, 3.8) is 0 Å². The molecule has 0 saturated carbocycles. The van der Waals surface area contributed by atoms with E-state index in [2.05, 4.69) is 0 Å². The Morgan fingerprint density at radius 2 is 1.62 bits per heavy atom.